The molecule has 20 heavy (non-hydrogen) atoms. The van der Waals surface area contributed by atoms with Crippen molar-refractivity contribution in [1.29, 1.82) is 0 Å². The fraction of sp³-hybridized carbons (Fsp3) is 0.312. The second kappa shape index (κ2) is 5.54. The lowest BCUT2D eigenvalue weighted by atomic mass is 9.99. The van der Waals surface area contributed by atoms with Gasteiger partial charge in [0.25, 0.3) is 0 Å². The molecule has 1 aromatic heterocycles. The van der Waals surface area contributed by atoms with Crippen LogP contribution in [0.4, 0.5) is 0 Å². The number of aliphatic hydroxyl groups is 1. The van der Waals surface area contributed by atoms with Crippen molar-refractivity contribution < 1.29 is 9.84 Å². The highest BCUT2D eigenvalue weighted by atomic mass is 79.9. The first kappa shape index (κ1) is 13.6. The maximum absolute atomic E-state index is 10.4. The van der Waals surface area contributed by atoms with Crippen LogP contribution in [0.5, 0.6) is 5.75 Å². The highest BCUT2D eigenvalue weighted by molar-refractivity contribution is 9.10. The van der Waals surface area contributed by atoms with E-state index >= 15 is 0 Å². The molecule has 0 saturated heterocycles. The molecule has 2 aromatic rings. The van der Waals surface area contributed by atoms with E-state index in [-0.39, 0.29) is 0 Å². The molecule has 1 N–H and O–H groups in total. The fourth-order valence-corrected chi connectivity index (χ4v) is 3.05. The molecular formula is C16H16BrNO2. The zero-order valence-electron chi connectivity index (χ0n) is 11.3. The van der Waals surface area contributed by atoms with E-state index in [9.17, 15) is 5.11 Å². The molecule has 0 aliphatic carbocycles. The van der Waals surface area contributed by atoms with Crippen molar-refractivity contribution in [2.24, 2.45) is 0 Å². The van der Waals surface area contributed by atoms with Gasteiger partial charge in [0.2, 0.25) is 0 Å². The van der Waals surface area contributed by atoms with Crippen molar-refractivity contribution in [2.45, 2.75) is 25.9 Å². The lowest BCUT2D eigenvalue weighted by Crippen LogP contribution is -2.04. The Labute approximate surface area is 126 Å². The minimum atomic E-state index is -0.564. The highest BCUT2D eigenvalue weighted by Gasteiger charge is 2.20. The van der Waals surface area contributed by atoms with E-state index < -0.39 is 6.10 Å². The van der Waals surface area contributed by atoms with Crippen LogP contribution in [-0.4, -0.2) is 16.7 Å². The van der Waals surface area contributed by atoms with Crippen LogP contribution in [0, 0.1) is 6.92 Å². The number of hydrogen-bond acceptors (Lipinski definition) is 3. The number of halogens is 1. The van der Waals surface area contributed by atoms with E-state index in [2.05, 4.69) is 27.0 Å². The van der Waals surface area contributed by atoms with Gasteiger partial charge in [-0.15, -0.1) is 0 Å². The van der Waals surface area contributed by atoms with Crippen LogP contribution in [0.15, 0.2) is 34.9 Å². The third kappa shape index (κ3) is 2.72. The van der Waals surface area contributed by atoms with E-state index in [1.165, 1.54) is 5.56 Å². The summed E-state index contributed by atoms with van der Waals surface area (Å²) in [5.74, 6) is 0.937. The van der Waals surface area contributed by atoms with Gasteiger partial charge in [0.1, 0.15) is 5.75 Å². The summed E-state index contributed by atoms with van der Waals surface area (Å²) in [5.41, 5.74) is 4.04. The number of nitrogens with zero attached hydrogens (tertiary/aromatic N) is 1. The van der Waals surface area contributed by atoms with E-state index in [0.717, 1.165) is 40.1 Å². The molecule has 1 atom stereocenters. The van der Waals surface area contributed by atoms with Crippen LogP contribution in [0.3, 0.4) is 0 Å². The van der Waals surface area contributed by atoms with Gasteiger partial charge < -0.3 is 9.84 Å². The van der Waals surface area contributed by atoms with Gasteiger partial charge >= 0.3 is 0 Å². The van der Waals surface area contributed by atoms with Crippen LogP contribution in [-0.2, 0) is 12.8 Å². The summed E-state index contributed by atoms with van der Waals surface area (Å²) in [6.45, 7) is 2.66. The lowest BCUT2D eigenvalue weighted by molar-refractivity contribution is 0.176. The van der Waals surface area contributed by atoms with Crippen molar-refractivity contribution in [3.05, 3.63) is 57.3 Å². The molecule has 0 spiro atoms. The van der Waals surface area contributed by atoms with Crippen molar-refractivity contribution >= 4 is 15.9 Å². The third-order valence-corrected chi connectivity index (χ3v) is 4.02. The number of hydrogen-bond donors (Lipinski definition) is 1. The molecule has 0 saturated carbocycles. The standard InChI is InChI=1S/C16H16BrNO2/c1-10-2-3-12(9-18-10)15(19)8-13-7-14(17)6-11-4-5-20-16(11)13/h2-3,6-7,9,15,19H,4-5,8H2,1H3. The largest absolute Gasteiger partial charge is 0.493 e. The summed E-state index contributed by atoms with van der Waals surface area (Å²) in [6.07, 6.45) is 2.64. The molecule has 1 unspecified atom stereocenters. The Balaban J connectivity index is 1.86. The number of pyridine rings is 1. The average molecular weight is 334 g/mol. The quantitative estimate of drug-likeness (QED) is 0.936. The third-order valence-electron chi connectivity index (χ3n) is 3.56. The summed E-state index contributed by atoms with van der Waals surface area (Å²) in [7, 11) is 0. The molecule has 0 amide bonds. The maximum Gasteiger partial charge on any atom is 0.125 e. The second-order valence-corrected chi connectivity index (χ2v) is 6.02. The van der Waals surface area contributed by atoms with Gasteiger partial charge in [-0.25, -0.2) is 0 Å². The molecule has 0 bridgehead atoms. The normalized spacial score (nSPS) is 14.8. The first-order valence-electron chi connectivity index (χ1n) is 6.68. The van der Waals surface area contributed by atoms with Crippen LogP contribution >= 0.6 is 15.9 Å². The molecule has 0 radical (unpaired) electrons. The van der Waals surface area contributed by atoms with Gasteiger partial charge in [0.15, 0.2) is 0 Å². The van der Waals surface area contributed by atoms with Gasteiger partial charge in [0, 0.05) is 29.2 Å². The predicted molar refractivity (Wildman–Crippen MR) is 81.0 cm³/mol. The molecule has 1 aromatic carbocycles. The van der Waals surface area contributed by atoms with Gasteiger partial charge in [-0.2, -0.15) is 0 Å². The number of aryl methyl sites for hydroxylation is 1. The number of benzene rings is 1. The smallest absolute Gasteiger partial charge is 0.125 e. The topological polar surface area (TPSA) is 42.4 Å². The summed E-state index contributed by atoms with van der Waals surface area (Å²) >= 11 is 3.52. The predicted octanol–water partition coefficient (Wildman–Crippen LogP) is 3.36. The molecule has 4 heteroatoms. The summed E-state index contributed by atoms with van der Waals surface area (Å²) < 4.78 is 6.73. The van der Waals surface area contributed by atoms with Crippen LogP contribution in [0.2, 0.25) is 0 Å². The van der Waals surface area contributed by atoms with Crippen LogP contribution in [0.1, 0.15) is 28.5 Å². The van der Waals surface area contributed by atoms with Crippen molar-refractivity contribution in [2.75, 3.05) is 6.61 Å². The SMILES string of the molecule is Cc1ccc(C(O)Cc2cc(Br)cc3c2OCC3)cn1. The number of fused-ring (bicyclic) bond motifs is 1. The van der Waals surface area contributed by atoms with Gasteiger partial charge in [-0.3, -0.25) is 4.98 Å². The first-order valence-corrected chi connectivity index (χ1v) is 7.47. The summed E-state index contributed by atoms with van der Waals surface area (Å²) in [5, 5.41) is 10.4. The van der Waals surface area contributed by atoms with Gasteiger partial charge in [-0.1, -0.05) is 22.0 Å². The molecule has 0 fully saturated rings. The fourth-order valence-electron chi connectivity index (χ4n) is 2.50. The first-order chi connectivity index (χ1) is 9.63. The lowest BCUT2D eigenvalue weighted by Gasteiger charge is -2.14. The molecule has 3 rings (SSSR count). The zero-order chi connectivity index (χ0) is 14.1. The number of ether oxygens (including phenoxy) is 1. The molecule has 104 valence electrons. The summed E-state index contributed by atoms with van der Waals surface area (Å²) in [6, 6.07) is 7.95. The maximum atomic E-state index is 10.4. The monoisotopic (exact) mass is 333 g/mol. The van der Waals surface area contributed by atoms with Crippen LogP contribution in [0.25, 0.3) is 0 Å². The molecule has 1 aliphatic heterocycles. The zero-order valence-corrected chi connectivity index (χ0v) is 12.9. The molecule has 2 heterocycles. The molecular weight excluding hydrogens is 318 g/mol. The Hall–Kier alpha value is -1.39. The number of rotatable bonds is 3. The second-order valence-electron chi connectivity index (χ2n) is 5.10. The minimum absolute atomic E-state index is 0.534. The van der Waals surface area contributed by atoms with E-state index in [4.69, 9.17) is 4.74 Å². The summed E-state index contributed by atoms with van der Waals surface area (Å²) in [4.78, 5) is 4.23. The van der Waals surface area contributed by atoms with E-state index in [0.29, 0.717) is 6.42 Å². The Bertz CT molecular complexity index is 625. The van der Waals surface area contributed by atoms with Gasteiger partial charge in [-0.05, 0) is 41.8 Å². The molecule has 1 aliphatic rings. The van der Waals surface area contributed by atoms with E-state index in [1.54, 1.807) is 6.20 Å². The Morgan fingerprint density at radius 3 is 3.00 bits per heavy atom. The van der Waals surface area contributed by atoms with E-state index in [1.807, 2.05) is 25.1 Å². The van der Waals surface area contributed by atoms with Crippen molar-refractivity contribution in [1.82, 2.24) is 4.98 Å². The Kier molecular flexibility index (Phi) is 3.76. The Morgan fingerprint density at radius 2 is 2.25 bits per heavy atom. The number of aromatic nitrogens is 1. The van der Waals surface area contributed by atoms with Crippen molar-refractivity contribution in [3.8, 4) is 5.75 Å². The Morgan fingerprint density at radius 1 is 1.40 bits per heavy atom. The van der Waals surface area contributed by atoms with Crippen molar-refractivity contribution in [3.63, 3.8) is 0 Å². The number of aliphatic hydroxyl groups excluding tert-OH is 1. The van der Waals surface area contributed by atoms with Gasteiger partial charge in [0.05, 0.1) is 12.7 Å². The molecule has 3 nitrogen and oxygen atoms in total. The highest BCUT2D eigenvalue weighted by Crippen LogP contribution is 2.35. The minimum Gasteiger partial charge on any atom is -0.493 e. The average Bonchev–Trinajstić information content (AvgIpc) is 2.87. The van der Waals surface area contributed by atoms with Crippen LogP contribution < -0.4 is 4.74 Å².